The molecule has 2 saturated heterocycles. The molecule has 2 bridgehead atoms. The highest BCUT2D eigenvalue weighted by Crippen LogP contribution is 2.48. The third kappa shape index (κ3) is 3.33. The molecule has 0 saturated carbocycles. The summed E-state index contributed by atoms with van der Waals surface area (Å²) in [6, 6.07) is 21.2. The molecule has 6 rings (SSSR count). The van der Waals surface area contributed by atoms with Gasteiger partial charge >= 0.3 is 6.09 Å². The monoisotopic (exact) mass is 457 g/mol. The van der Waals surface area contributed by atoms with E-state index in [1.165, 1.54) is 28.3 Å². The van der Waals surface area contributed by atoms with Gasteiger partial charge in [0.05, 0.1) is 5.60 Å². The summed E-state index contributed by atoms with van der Waals surface area (Å²) in [5.74, 6) is -0.367. The molecule has 2 aliphatic heterocycles. The lowest BCUT2D eigenvalue weighted by molar-refractivity contribution is -0.0551. The minimum atomic E-state index is -1.26. The summed E-state index contributed by atoms with van der Waals surface area (Å²) < 4.78 is 20.6. The van der Waals surface area contributed by atoms with Gasteiger partial charge in [-0.25, -0.2) is 9.18 Å². The van der Waals surface area contributed by atoms with Gasteiger partial charge in [-0.1, -0.05) is 60.7 Å². The fourth-order valence-electron chi connectivity index (χ4n) is 6.41. The third-order valence-corrected chi connectivity index (χ3v) is 7.94. The molecule has 0 spiro atoms. The standard InChI is InChI=1S/C29H28FNO3/c1-18-10-13-26(27(30)14-18)29(33)15-19-11-12-20(16-29)31(19)28(32)34-17-25-23-8-4-2-6-21(23)22-7-3-5-9-24(22)25/h2-10,13-14,19-20,25,33H,11-12,15-17H2,1H3. The Bertz CT molecular complexity index is 1210. The van der Waals surface area contributed by atoms with Crippen LogP contribution in [0.3, 0.4) is 0 Å². The third-order valence-electron chi connectivity index (χ3n) is 7.94. The number of carbonyl (C=O) groups excluding carboxylic acids is 1. The summed E-state index contributed by atoms with van der Waals surface area (Å²) >= 11 is 0. The summed E-state index contributed by atoms with van der Waals surface area (Å²) in [6.07, 6.45) is 1.91. The molecule has 4 nitrogen and oxygen atoms in total. The highest BCUT2D eigenvalue weighted by Gasteiger charge is 2.51. The number of hydrogen-bond acceptors (Lipinski definition) is 3. The second-order valence-electron chi connectivity index (χ2n) is 10.0. The summed E-state index contributed by atoms with van der Waals surface area (Å²) in [4.78, 5) is 15.0. The maximum Gasteiger partial charge on any atom is 0.410 e. The lowest BCUT2D eigenvalue weighted by atomic mass is 9.80. The van der Waals surface area contributed by atoms with Gasteiger partial charge in [0.2, 0.25) is 0 Å². The van der Waals surface area contributed by atoms with Crippen molar-refractivity contribution in [1.29, 1.82) is 0 Å². The van der Waals surface area contributed by atoms with Crippen molar-refractivity contribution in [3.63, 3.8) is 0 Å². The highest BCUT2D eigenvalue weighted by atomic mass is 19.1. The maximum atomic E-state index is 14.7. The smallest absolute Gasteiger partial charge is 0.410 e. The van der Waals surface area contributed by atoms with E-state index < -0.39 is 5.60 Å². The van der Waals surface area contributed by atoms with Gasteiger partial charge in [0.15, 0.2) is 0 Å². The molecule has 2 fully saturated rings. The zero-order valence-corrected chi connectivity index (χ0v) is 19.2. The normalized spacial score (nSPS) is 25.2. The molecule has 3 aromatic rings. The van der Waals surface area contributed by atoms with Crippen molar-refractivity contribution in [3.8, 4) is 11.1 Å². The zero-order valence-electron chi connectivity index (χ0n) is 19.2. The van der Waals surface area contributed by atoms with Crippen molar-refractivity contribution >= 4 is 6.09 Å². The number of nitrogens with zero attached hydrogens (tertiary/aromatic N) is 1. The van der Waals surface area contributed by atoms with Crippen LogP contribution in [0.2, 0.25) is 0 Å². The Kier molecular flexibility index (Phi) is 4.99. The van der Waals surface area contributed by atoms with E-state index in [-0.39, 0.29) is 36.5 Å². The quantitative estimate of drug-likeness (QED) is 0.533. The number of ether oxygens (including phenoxy) is 1. The summed E-state index contributed by atoms with van der Waals surface area (Å²) in [7, 11) is 0. The van der Waals surface area contributed by atoms with E-state index >= 15 is 0 Å². The molecule has 0 radical (unpaired) electrons. The second-order valence-corrected chi connectivity index (χ2v) is 10.0. The van der Waals surface area contributed by atoms with Crippen LogP contribution in [0, 0.1) is 12.7 Å². The van der Waals surface area contributed by atoms with Crippen molar-refractivity contribution < 1.29 is 19.0 Å². The van der Waals surface area contributed by atoms with Crippen LogP contribution in [-0.2, 0) is 10.3 Å². The number of hydrogen-bond donors (Lipinski definition) is 1. The molecule has 2 heterocycles. The Labute approximate surface area is 199 Å². The van der Waals surface area contributed by atoms with Crippen LogP contribution < -0.4 is 0 Å². The summed E-state index contributed by atoms with van der Waals surface area (Å²) in [5, 5.41) is 11.4. The van der Waals surface area contributed by atoms with E-state index in [4.69, 9.17) is 4.74 Å². The second kappa shape index (κ2) is 7.95. The number of rotatable bonds is 3. The average Bonchev–Trinajstić information content (AvgIpc) is 3.29. The number of fused-ring (bicyclic) bond motifs is 5. The van der Waals surface area contributed by atoms with Gasteiger partial charge in [-0.05, 0) is 53.6 Å². The lowest BCUT2D eigenvalue weighted by Crippen LogP contribution is -2.52. The Hall–Kier alpha value is -3.18. The van der Waals surface area contributed by atoms with E-state index in [1.54, 1.807) is 11.0 Å². The first kappa shape index (κ1) is 21.4. The molecule has 2 unspecified atom stereocenters. The summed E-state index contributed by atoms with van der Waals surface area (Å²) in [6.45, 7) is 2.11. The van der Waals surface area contributed by atoms with E-state index in [1.807, 2.05) is 37.3 Å². The molecule has 1 aliphatic carbocycles. The first-order valence-electron chi connectivity index (χ1n) is 12.1. The fraction of sp³-hybridized carbons (Fsp3) is 0.345. The number of amides is 1. The lowest BCUT2D eigenvalue weighted by Gasteiger charge is -2.43. The molecule has 3 aliphatic rings. The van der Waals surface area contributed by atoms with Crippen LogP contribution in [0.15, 0.2) is 66.7 Å². The molecule has 1 amide bonds. The van der Waals surface area contributed by atoms with Crippen LogP contribution >= 0.6 is 0 Å². The van der Waals surface area contributed by atoms with Gasteiger partial charge in [0.1, 0.15) is 12.4 Å². The summed E-state index contributed by atoms with van der Waals surface area (Å²) in [5.41, 5.74) is 4.66. The average molecular weight is 458 g/mol. The predicted octanol–water partition coefficient (Wildman–Crippen LogP) is 5.90. The highest BCUT2D eigenvalue weighted by molar-refractivity contribution is 5.79. The van der Waals surface area contributed by atoms with Gasteiger partial charge in [0.25, 0.3) is 0 Å². The number of aryl methyl sites for hydroxylation is 1. The molecule has 174 valence electrons. The maximum absolute atomic E-state index is 14.7. The Morgan fingerprint density at radius 1 is 1.00 bits per heavy atom. The Balaban J connectivity index is 1.19. The molecule has 1 N–H and O–H groups in total. The van der Waals surface area contributed by atoms with Gasteiger partial charge in [0, 0.05) is 36.4 Å². The van der Waals surface area contributed by atoms with Crippen LogP contribution in [0.1, 0.15) is 53.9 Å². The van der Waals surface area contributed by atoms with Crippen LogP contribution in [0.5, 0.6) is 0 Å². The van der Waals surface area contributed by atoms with Crippen LogP contribution in [0.4, 0.5) is 9.18 Å². The molecule has 0 aromatic heterocycles. The van der Waals surface area contributed by atoms with Crippen molar-refractivity contribution in [1.82, 2.24) is 4.90 Å². The van der Waals surface area contributed by atoms with E-state index in [0.717, 1.165) is 18.4 Å². The Morgan fingerprint density at radius 2 is 1.59 bits per heavy atom. The molecule has 5 heteroatoms. The first-order chi connectivity index (χ1) is 16.4. The van der Waals surface area contributed by atoms with Gasteiger partial charge < -0.3 is 14.7 Å². The topological polar surface area (TPSA) is 49.8 Å². The number of carbonyl (C=O) groups is 1. The fourth-order valence-corrected chi connectivity index (χ4v) is 6.41. The van der Waals surface area contributed by atoms with Crippen molar-refractivity contribution in [2.75, 3.05) is 6.61 Å². The van der Waals surface area contributed by atoms with E-state index in [2.05, 4.69) is 24.3 Å². The zero-order chi connectivity index (χ0) is 23.4. The van der Waals surface area contributed by atoms with E-state index in [0.29, 0.717) is 18.4 Å². The Morgan fingerprint density at radius 3 is 2.18 bits per heavy atom. The molecule has 34 heavy (non-hydrogen) atoms. The number of aliphatic hydroxyl groups is 1. The van der Waals surface area contributed by atoms with Gasteiger partial charge in [-0.15, -0.1) is 0 Å². The van der Waals surface area contributed by atoms with Crippen LogP contribution in [0.25, 0.3) is 11.1 Å². The van der Waals surface area contributed by atoms with Crippen LogP contribution in [-0.4, -0.2) is 34.8 Å². The molecule has 2 atom stereocenters. The van der Waals surface area contributed by atoms with Crippen molar-refractivity contribution in [2.45, 2.75) is 56.2 Å². The number of piperidine rings is 1. The largest absolute Gasteiger partial charge is 0.448 e. The first-order valence-corrected chi connectivity index (χ1v) is 12.1. The minimum Gasteiger partial charge on any atom is -0.448 e. The molecular weight excluding hydrogens is 429 g/mol. The molecule has 3 aromatic carbocycles. The van der Waals surface area contributed by atoms with E-state index in [9.17, 15) is 14.3 Å². The minimum absolute atomic E-state index is 0.0115. The molecular formula is C29H28FNO3. The van der Waals surface area contributed by atoms with Gasteiger partial charge in [-0.3, -0.25) is 0 Å². The van der Waals surface area contributed by atoms with Crippen molar-refractivity contribution in [2.24, 2.45) is 0 Å². The SMILES string of the molecule is Cc1ccc(C2(O)CC3CCC(C2)N3C(=O)OCC2c3ccccc3-c3ccccc32)c(F)c1. The number of benzene rings is 3. The number of halogens is 1. The predicted molar refractivity (Wildman–Crippen MR) is 128 cm³/mol. The van der Waals surface area contributed by atoms with Crippen molar-refractivity contribution in [3.05, 3.63) is 94.8 Å². The van der Waals surface area contributed by atoms with Gasteiger partial charge in [-0.2, -0.15) is 0 Å².